The molecule has 6 nitrogen and oxygen atoms in total. The number of nitrogens with zero attached hydrogens (tertiary/aromatic N) is 1. The molecule has 7 heteroatoms. The predicted octanol–water partition coefficient (Wildman–Crippen LogP) is 3.02. The molecule has 110 valence electrons. The number of halogens is 1. The van der Waals surface area contributed by atoms with Crippen molar-refractivity contribution in [2.75, 3.05) is 10.6 Å². The standard InChI is InChI=1S/C14H14BrN3O3/c1-8-5-10(15)3-4-11(8)16-13(19)7-14(20)17-12-6-9(2)21-18-12/h3-6H,7H2,1-2H3,(H,16,19)(H,17,18,20). The molecule has 0 fully saturated rings. The number of anilines is 2. The normalized spacial score (nSPS) is 10.2. The van der Waals surface area contributed by atoms with Crippen molar-refractivity contribution in [3.05, 3.63) is 40.1 Å². The Balaban J connectivity index is 1.90. The van der Waals surface area contributed by atoms with Crippen molar-refractivity contribution in [3.63, 3.8) is 0 Å². The fourth-order valence-electron chi connectivity index (χ4n) is 1.72. The minimum absolute atomic E-state index is 0.290. The lowest BCUT2D eigenvalue weighted by molar-refractivity contribution is -0.123. The summed E-state index contributed by atoms with van der Waals surface area (Å²) in [5, 5.41) is 8.81. The van der Waals surface area contributed by atoms with Crippen molar-refractivity contribution in [1.82, 2.24) is 5.16 Å². The van der Waals surface area contributed by atoms with Gasteiger partial charge in [0.1, 0.15) is 12.2 Å². The first-order valence-corrected chi connectivity index (χ1v) is 7.02. The highest BCUT2D eigenvalue weighted by atomic mass is 79.9. The summed E-state index contributed by atoms with van der Waals surface area (Å²) in [6.45, 7) is 3.59. The predicted molar refractivity (Wildman–Crippen MR) is 82.0 cm³/mol. The van der Waals surface area contributed by atoms with E-state index in [2.05, 4.69) is 31.7 Å². The third kappa shape index (κ3) is 4.42. The molecule has 1 heterocycles. The van der Waals surface area contributed by atoms with E-state index in [1.54, 1.807) is 19.1 Å². The molecule has 2 N–H and O–H groups in total. The summed E-state index contributed by atoms with van der Waals surface area (Å²) < 4.78 is 5.75. The molecule has 1 aromatic carbocycles. The second kappa shape index (κ2) is 6.53. The SMILES string of the molecule is Cc1cc(NC(=O)CC(=O)Nc2ccc(Br)cc2C)no1. The highest BCUT2D eigenvalue weighted by Gasteiger charge is 2.12. The van der Waals surface area contributed by atoms with Crippen molar-refractivity contribution < 1.29 is 14.1 Å². The van der Waals surface area contributed by atoms with Gasteiger partial charge >= 0.3 is 0 Å². The topological polar surface area (TPSA) is 84.2 Å². The fraction of sp³-hybridized carbons (Fsp3) is 0.214. The van der Waals surface area contributed by atoms with Gasteiger partial charge in [-0.2, -0.15) is 0 Å². The number of hydrogen-bond donors (Lipinski definition) is 2. The lowest BCUT2D eigenvalue weighted by Gasteiger charge is -2.08. The second-order valence-electron chi connectivity index (χ2n) is 4.56. The Morgan fingerprint density at radius 3 is 2.52 bits per heavy atom. The third-order valence-electron chi connectivity index (χ3n) is 2.68. The minimum atomic E-state index is -0.449. The molecule has 0 aliphatic rings. The van der Waals surface area contributed by atoms with Crippen LogP contribution in [0.1, 0.15) is 17.7 Å². The van der Waals surface area contributed by atoms with Crippen LogP contribution in [-0.4, -0.2) is 17.0 Å². The van der Waals surface area contributed by atoms with E-state index in [4.69, 9.17) is 4.52 Å². The Bertz CT molecular complexity index is 682. The number of carbonyl (C=O) groups is 2. The van der Waals surface area contributed by atoms with Crippen LogP contribution >= 0.6 is 15.9 Å². The zero-order valence-corrected chi connectivity index (χ0v) is 13.2. The Kier molecular flexibility index (Phi) is 4.74. The van der Waals surface area contributed by atoms with E-state index in [1.807, 2.05) is 19.1 Å². The molecular weight excluding hydrogens is 338 g/mol. The van der Waals surface area contributed by atoms with Gasteiger partial charge < -0.3 is 15.2 Å². The summed E-state index contributed by atoms with van der Waals surface area (Å²) in [5.74, 6) is 0.0408. The van der Waals surface area contributed by atoms with Gasteiger partial charge in [-0.1, -0.05) is 21.1 Å². The number of amides is 2. The van der Waals surface area contributed by atoms with Crippen molar-refractivity contribution in [2.45, 2.75) is 20.3 Å². The highest BCUT2D eigenvalue weighted by molar-refractivity contribution is 9.10. The largest absolute Gasteiger partial charge is 0.360 e. The smallest absolute Gasteiger partial charge is 0.235 e. The van der Waals surface area contributed by atoms with Gasteiger partial charge in [-0.3, -0.25) is 9.59 Å². The monoisotopic (exact) mass is 351 g/mol. The fourth-order valence-corrected chi connectivity index (χ4v) is 2.20. The lowest BCUT2D eigenvalue weighted by atomic mass is 10.2. The van der Waals surface area contributed by atoms with Crippen LogP contribution < -0.4 is 10.6 Å². The average molecular weight is 352 g/mol. The van der Waals surface area contributed by atoms with Crippen molar-refractivity contribution in [3.8, 4) is 0 Å². The van der Waals surface area contributed by atoms with E-state index < -0.39 is 11.8 Å². The summed E-state index contributed by atoms with van der Waals surface area (Å²) in [4.78, 5) is 23.5. The molecular formula is C14H14BrN3O3. The number of nitrogens with one attached hydrogen (secondary N) is 2. The van der Waals surface area contributed by atoms with Crippen LogP contribution in [0.4, 0.5) is 11.5 Å². The molecule has 2 amide bonds. The Morgan fingerprint density at radius 1 is 1.19 bits per heavy atom. The molecule has 0 bridgehead atoms. The van der Waals surface area contributed by atoms with Crippen LogP contribution in [0.5, 0.6) is 0 Å². The molecule has 21 heavy (non-hydrogen) atoms. The zero-order chi connectivity index (χ0) is 15.4. The molecule has 2 rings (SSSR count). The van der Waals surface area contributed by atoms with Gasteiger partial charge in [-0.05, 0) is 37.6 Å². The first-order chi connectivity index (χ1) is 9.94. The van der Waals surface area contributed by atoms with Crippen LogP contribution in [0.25, 0.3) is 0 Å². The minimum Gasteiger partial charge on any atom is -0.360 e. The van der Waals surface area contributed by atoms with E-state index in [9.17, 15) is 9.59 Å². The Morgan fingerprint density at radius 2 is 1.90 bits per heavy atom. The van der Waals surface area contributed by atoms with Gasteiger partial charge in [0.25, 0.3) is 0 Å². The maximum atomic E-state index is 11.8. The lowest BCUT2D eigenvalue weighted by Crippen LogP contribution is -2.21. The molecule has 0 aliphatic carbocycles. The van der Waals surface area contributed by atoms with Crippen molar-refractivity contribution in [2.24, 2.45) is 0 Å². The number of rotatable bonds is 4. The highest BCUT2D eigenvalue weighted by Crippen LogP contribution is 2.20. The first-order valence-electron chi connectivity index (χ1n) is 6.23. The first kappa shape index (κ1) is 15.2. The summed E-state index contributed by atoms with van der Waals surface area (Å²) in [6.07, 6.45) is -0.290. The van der Waals surface area contributed by atoms with Crippen LogP contribution in [-0.2, 0) is 9.59 Å². The maximum absolute atomic E-state index is 11.8. The van der Waals surface area contributed by atoms with Gasteiger partial charge in [0.15, 0.2) is 5.82 Å². The molecule has 0 saturated heterocycles. The number of aromatic nitrogens is 1. The number of carbonyl (C=O) groups excluding carboxylic acids is 2. The summed E-state index contributed by atoms with van der Waals surface area (Å²) >= 11 is 3.35. The Labute approximate surface area is 130 Å². The number of hydrogen-bond acceptors (Lipinski definition) is 4. The van der Waals surface area contributed by atoms with Gasteiger partial charge in [-0.25, -0.2) is 0 Å². The van der Waals surface area contributed by atoms with Gasteiger partial charge in [0.2, 0.25) is 11.8 Å². The molecule has 0 saturated carbocycles. The van der Waals surface area contributed by atoms with Gasteiger partial charge in [0, 0.05) is 16.2 Å². The number of benzene rings is 1. The quantitative estimate of drug-likeness (QED) is 0.829. The van der Waals surface area contributed by atoms with Crippen molar-refractivity contribution in [1.29, 1.82) is 0 Å². The average Bonchev–Trinajstić information content (AvgIpc) is 2.78. The van der Waals surface area contributed by atoms with Crippen molar-refractivity contribution >= 4 is 39.2 Å². The summed E-state index contributed by atoms with van der Waals surface area (Å²) in [6, 6.07) is 7.06. The Hall–Kier alpha value is -2.15. The van der Waals surface area contributed by atoms with Crippen LogP contribution in [0.2, 0.25) is 0 Å². The molecule has 1 aromatic heterocycles. The molecule has 0 aliphatic heterocycles. The van der Waals surface area contributed by atoms with Crippen LogP contribution in [0.15, 0.2) is 33.3 Å². The van der Waals surface area contributed by atoms with Crippen LogP contribution in [0, 0.1) is 13.8 Å². The van der Waals surface area contributed by atoms with E-state index in [1.165, 1.54) is 0 Å². The van der Waals surface area contributed by atoms with Gasteiger partial charge in [-0.15, -0.1) is 0 Å². The second-order valence-corrected chi connectivity index (χ2v) is 5.47. The van der Waals surface area contributed by atoms with Gasteiger partial charge in [0.05, 0.1) is 0 Å². The van der Waals surface area contributed by atoms with E-state index in [0.717, 1.165) is 10.0 Å². The number of aryl methyl sites for hydroxylation is 2. The van der Waals surface area contributed by atoms with Crippen LogP contribution in [0.3, 0.4) is 0 Å². The van der Waals surface area contributed by atoms with E-state index in [0.29, 0.717) is 17.3 Å². The zero-order valence-electron chi connectivity index (χ0n) is 11.6. The molecule has 0 unspecified atom stereocenters. The summed E-state index contributed by atoms with van der Waals surface area (Å²) in [7, 11) is 0. The molecule has 0 atom stereocenters. The summed E-state index contributed by atoms with van der Waals surface area (Å²) in [5.41, 5.74) is 1.58. The maximum Gasteiger partial charge on any atom is 0.235 e. The molecule has 2 aromatic rings. The molecule has 0 spiro atoms. The molecule has 0 radical (unpaired) electrons. The van der Waals surface area contributed by atoms with E-state index >= 15 is 0 Å². The van der Waals surface area contributed by atoms with E-state index in [-0.39, 0.29) is 6.42 Å². The third-order valence-corrected chi connectivity index (χ3v) is 3.17.